The molecule has 1 saturated carbocycles. The van der Waals surface area contributed by atoms with Crippen molar-refractivity contribution in [2.75, 3.05) is 19.8 Å². The van der Waals surface area contributed by atoms with Crippen molar-refractivity contribution in [2.45, 2.75) is 64.0 Å². The predicted octanol–water partition coefficient (Wildman–Crippen LogP) is 2.27. The number of esters is 1. The summed E-state index contributed by atoms with van der Waals surface area (Å²) >= 11 is 0. The number of carbonyl (C=O) groups is 1. The molecule has 1 saturated heterocycles. The van der Waals surface area contributed by atoms with Crippen molar-refractivity contribution < 1.29 is 14.3 Å². The van der Waals surface area contributed by atoms with Crippen molar-refractivity contribution in [3.63, 3.8) is 0 Å². The van der Waals surface area contributed by atoms with Gasteiger partial charge in [0, 0.05) is 13.0 Å². The van der Waals surface area contributed by atoms with E-state index in [0.717, 1.165) is 38.1 Å². The summed E-state index contributed by atoms with van der Waals surface area (Å²) in [5, 5.41) is 3.52. The first-order chi connectivity index (χ1) is 9.20. The Hall–Kier alpha value is -0.610. The van der Waals surface area contributed by atoms with Crippen LogP contribution in [0.1, 0.15) is 52.4 Å². The summed E-state index contributed by atoms with van der Waals surface area (Å²) in [5.74, 6) is 0.679. The maximum Gasteiger partial charge on any atom is 0.326 e. The van der Waals surface area contributed by atoms with Gasteiger partial charge in [0.15, 0.2) is 0 Å². The van der Waals surface area contributed by atoms with Gasteiger partial charge in [0.25, 0.3) is 0 Å². The fourth-order valence-electron chi connectivity index (χ4n) is 2.81. The molecule has 110 valence electrons. The number of nitrogens with one attached hydrogen (secondary N) is 1. The van der Waals surface area contributed by atoms with Gasteiger partial charge in [-0.15, -0.1) is 0 Å². The molecule has 0 aromatic rings. The Morgan fingerprint density at radius 1 is 1.42 bits per heavy atom. The molecule has 1 heterocycles. The summed E-state index contributed by atoms with van der Waals surface area (Å²) in [5.41, 5.74) is -0.503. The van der Waals surface area contributed by atoms with Gasteiger partial charge in [-0.2, -0.15) is 0 Å². The van der Waals surface area contributed by atoms with Crippen molar-refractivity contribution in [1.82, 2.24) is 5.32 Å². The Balaban J connectivity index is 2.00. The molecule has 2 fully saturated rings. The Bertz CT molecular complexity index is 302. The monoisotopic (exact) mass is 269 g/mol. The number of hydrogen-bond acceptors (Lipinski definition) is 4. The van der Waals surface area contributed by atoms with Crippen molar-refractivity contribution in [3.8, 4) is 0 Å². The minimum absolute atomic E-state index is 0.0833. The molecule has 4 heteroatoms. The van der Waals surface area contributed by atoms with Gasteiger partial charge < -0.3 is 14.8 Å². The Morgan fingerprint density at radius 2 is 2.21 bits per heavy atom. The van der Waals surface area contributed by atoms with E-state index in [1.807, 2.05) is 6.92 Å². The zero-order valence-corrected chi connectivity index (χ0v) is 12.2. The molecular weight excluding hydrogens is 242 g/mol. The van der Waals surface area contributed by atoms with Crippen LogP contribution in [0.25, 0.3) is 0 Å². The third kappa shape index (κ3) is 3.93. The lowest BCUT2D eigenvalue weighted by molar-refractivity contribution is -0.158. The molecule has 0 aromatic carbocycles. The molecule has 0 spiro atoms. The molecule has 0 radical (unpaired) electrons. The van der Waals surface area contributed by atoms with Crippen LogP contribution in [0.15, 0.2) is 0 Å². The van der Waals surface area contributed by atoms with Gasteiger partial charge in [0.2, 0.25) is 0 Å². The van der Waals surface area contributed by atoms with Crippen molar-refractivity contribution in [3.05, 3.63) is 0 Å². The maximum absolute atomic E-state index is 12.4. The second kappa shape index (κ2) is 6.71. The summed E-state index contributed by atoms with van der Waals surface area (Å²) < 4.78 is 11.1. The van der Waals surface area contributed by atoms with E-state index < -0.39 is 5.54 Å². The lowest BCUT2D eigenvalue weighted by atomic mass is 9.85. The van der Waals surface area contributed by atoms with Gasteiger partial charge in [0.1, 0.15) is 5.54 Å². The van der Waals surface area contributed by atoms with E-state index in [4.69, 9.17) is 9.47 Å². The summed E-state index contributed by atoms with van der Waals surface area (Å²) in [7, 11) is 0. The summed E-state index contributed by atoms with van der Waals surface area (Å²) in [6, 6.07) is 0. The van der Waals surface area contributed by atoms with E-state index in [1.165, 1.54) is 12.8 Å². The standard InChI is InChI=1S/C15H27NO3/c1-3-5-13-10-15(8-9-19-13,14(17)18-4-2)16-11-12-6-7-12/h12-13,16H,3-11H2,1-2H3. The smallest absolute Gasteiger partial charge is 0.326 e. The molecule has 1 N–H and O–H groups in total. The Morgan fingerprint density at radius 3 is 2.84 bits per heavy atom. The molecule has 0 bridgehead atoms. The van der Waals surface area contributed by atoms with Crippen molar-refractivity contribution in [1.29, 1.82) is 0 Å². The van der Waals surface area contributed by atoms with Crippen LogP contribution < -0.4 is 5.32 Å². The molecule has 1 aliphatic carbocycles. The second-order valence-electron chi connectivity index (χ2n) is 5.86. The topological polar surface area (TPSA) is 47.6 Å². The Kier molecular flexibility index (Phi) is 5.22. The molecule has 19 heavy (non-hydrogen) atoms. The quantitative estimate of drug-likeness (QED) is 0.720. The van der Waals surface area contributed by atoms with Crippen LogP contribution in [0.4, 0.5) is 0 Å². The molecule has 1 aliphatic heterocycles. The average Bonchev–Trinajstić information content (AvgIpc) is 3.21. The van der Waals surface area contributed by atoms with Crippen molar-refractivity contribution >= 4 is 5.97 Å². The number of hydrogen-bond donors (Lipinski definition) is 1. The second-order valence-corrected chi connectivity index (χ2v) is 5.86. The van der Waals surface area contributed by atoms with Crippen LogP contribution in [0.5, 0.6) is 0 Å². The molecule has 2 unspecified atom stereocenters. The van der Waals surface area contributed by atoms with E-state index in [2.05, 4.69) is 12.2 Å². The van der Waals surface area contributed by atoms with Gasteiger partial charge >= 0.3 is 5.97 Å². The molecule has 4 nitrogen and oxygen atoms in total. The van der Waals surface area contributed by atoms with Crippen LogP contribution >= 0.6 is 0 Å². The molecule has 0 amide bonds. The third-order valence-electron chi connectivity index (χ3n) is 4.16. The molecule has 0 aromatic heterocycles. The zero-order chi connectivity index (χ0) is 13.7. The lowest BCUT2D eigenvalue weighted by Crippen LogP contribution is -2.58. The highest BCUT2D eigenvalue weighted by Gasteiger charge is 2.45. The van der Waals surface area contributed by atoms with Crippen LogP contribution in [0.3, 0.4) is 0 Å². The minimum Gasteiger partial charge on any atom is -0.465 e. The van der Waals surface area contributed by atoms with E-state index in [9.17, 15) is 4.79 Å². The van der Waals surface area contributed by atoms with Gasteiger partial charge in [-0.05, 0) is 45.1 Å². The summed E-state index contributed by atoms with van der Waals surface area (Å²) in [4.78, 5) is 12.4. The number of ether oxygens (including phenoxy) is 2. The zero-order valence-electron chi connectivity index (χ0n) is 12.2. The van der Waals surface area contributed by atoms with Gasteiger partial charge in [-0.1, -0.05) is 13.3 Å². The summed E-state index contributed by atoms with van der Waals surface area (Å²) in [6.07, 6.45) is 6.38. The van der Waals surface area contributed by atoms with Crippen molar-refractivity contribution in [2.24, 2.45) is 5.92 Å². The lowest BCUT2D eigenvalue weighted by Gasteiger charge is -2.39. The van der Waals surface area contributed by atoms with E-state index in [-0.39, 0.29) is 12.1 Å². The highest BCUT2D eigenvalue weighted by atomic mass is 16.5. The normalized spacial score (nSPS) is 31.2. The first-order valence-electron chi connectivity index (χ1n) is 7.74. The van der Waals surface area contributed by atoms with E-state index >= 15 is 0 Å². The average molecular weight is 269 g/mol. The predicted molar refractivity (Wildman–Crippen MR) is 74.0 cm³/mol. The van der Waals surface area contributed by atoms with Crippen LogP contribution in [-0.4, -0.2) is 37.4 Å². The largest absolute Gasteiger partial charge is 0.465 e. The Labute approximate surface area is 116 Å². The first-order valence-corrected chi connectivity index (χ1v) is 7.74. The molecular formula is C15H27NO3. The van der Waals surface area contributed by atoms with Crippen LogP contribution in [0, 0.1) is 5.92 Å². The van der Waals surface area contributed by atoms with Gasteiger partial charge in [-0.25, -0.2) is 0 Å². The third-order valence-corrected chi connectivity index (χ3v) is 4.16. The van der Waals surface area contributed by atoms with E-state index in [1.54, 1.807) is 0 Å². The number of carbonyl (C=O) groups excluding carboxylic acids is 1. The van der Waals surface area contributed by atoms with E-state index in [0.29, 0.717) is 13.2 Å². The maximum atomic E-state index is 12.4. The van der Waals surface area contributed by atoms with Gasteiger partial charge in [0.05, 0.1) is 12.7 Å². The molecule has 2 aliphatic rings. The fraction of sp³-hybridized carbons (Fsp3) is 0.933. The highest BCUT2D eigenvalue weighted by molar-refractivity contribution is 5.81. The highest BCUT2D eigenvalue weighted by Crippen LogP contribution is 2.32. The fourth-order valence-corrected chi connectivity index (χ4v) is 2.81. The number of rotatable bonds is 7. The SMILES string of the molecule is CCCC1CC(NCC2CC2)(C(=O)OCC)CCO1. The van der Waals surface area contributed by atoms with Crippen LogP contribution in [-0.2, 0) is 14.3 Å². The minimum atomic E-state index is -0.503. The summed E-state index contributed by atoms with van der Waals surface area (Å²) in [6.45, 7) is 6.07. The molecule has 2 rings (SSSR count). The first kappa shape index (κ1) is 14.8. The van der Waals surface area contributed by atoms with Gasteiger partial charge in [-0.3, -0.25) is 4.79 Å². The van der Waals surface area contributed by atoms with Crippen LogP contribution in [0.2, 0.25) is 0 Å². The molecule has 2 atom stereocenters.